The Kier molecular flexibility index (Phi) is 36.9. The monoisotopic (exact) mass is 1280 g/mol. The second-order valence-corrected chi connectivity index (χ2v) is 24.4. The Bertz CT molecular complexity index is 2910. The first-order valence-corrected chi connectivity index (χ1v) is 31.5. The van der Waals surface area contributed by atoms with Crippen molar-refractivity contribution in [1.82, 2.24) is 35.1 Å². The maximum absolute atomic E-state index is 13.3. The number of hydrogen-bond donors (Lipinski definition) is 3. The van der Waals surface area contributed by atoms with Crippen molar-refractivity contribution in [3.63, 3.8) is 0 Å². The molecule has 0 atom stereocenters. The van der Waals surface area contributed by atoms with Gasteiger partial charge in [-0.15, -0.1) is 0 Å². The van der Waals surface area contributed by atoms with Crippen LogP contribution in [-0.2, 0) is 37.5 Å². The topological polar surface area (TPSA) is 145 Å². The molecule has 6 aromatic rings. The number of para-hydroxylation sites is 1. The van der Waals surface area contributed by atoms with Crippen LogP contribution in [0.1, 0.15) is 116 Å². The van der Waals surface area contributed by atoms with E-state index in [4.69, 9.17) is 19.9 Å². The molecule has 0 radical (unpaired) electrons. The third-order valence-corrected chi connectivity index (χ3v) is 15.2. The number of halogens is 4. The number of nitrogens with one attached hydrogen (secondary N) is 2. The summed E-state index contributed by atoms with van der Waals surface area (Å²) >= 11 is 4.64. The number of nitrogens with zero attached hydrogens (tertiary/aromatic N) is 5. The van der Waals surface area contributed by atoms with Gasteiger partial charge in [-0.25, -0.2) is 22.8 Å². The van der Waals surface area contributed by atoms with Gasteiger partial charge in [0.2, 0.25) is 5.24 Å². The van der Waals surface area contributed by atoms with Gasteiger partial charge in [-0.2, -0.15) is 0 Å². The predicted molar refractivity (Wildman–Crippen MR) is 365 cm³/mol. The van der Waals surface area contributed by atoms with E-state index in [2.05, 4.69) is 85.8 Å². The van der Waals surface area contributed by atoms with Gasteiger partial charge in [0.1, 0.15) is 34.7 Å². The lowest BCUT2D eigenvalue weighted by molar-refractivity contribution is -0.109. The molecule has 91 heavy (non-hydrogen) atoms. The highest BCUT2D eigenvalue weighted by molar-refractivity contribution is 6.62. The molecule has 0 aromatic heterocycles. The summed E-state index contributed by atoms with van der Waals surface area (Å²) in [5.74, 6) is 2.63. The lowest BCUT2D eigenvalue weighted by Gasteiger charge is -2.37. The standard InChI is InChI=1S/C25H34FN3O2.C20H23FN2O2.C13H19FN2.C11H17NO.C2H3ClO.2CH4/c1-19(2)18-31-24-10-6-20(7-11-24)16-27-25(30)29(23-12-14-28(3)15-13-23)17-21-4-8-22(26)9-5-21;1-22-13-11-18(12-14-22)23(15-16-7-9-17(21)10-8-16)20(24)25-19-5-3-2-4-6-19;1-16-8-6-13(7-9-16)15-10-11-2-4-12(14)5-3-11;1-9(2)8-13-11-5-3-10(7-12)4-6-11;1-2(3)4;;/h4-11,19,23H,12-18H2,1-3H3,(H,27,30);2-10,18H,11-15H2,1H3;2-5,13,15H,6-10H2,1H3;3-6,9H,7-8,12H2,1-2H3;1H3;2*1H4. The Labute approximate surface area is 547 Å². The molecule has 3 saturated heterocycles. The smallest absolute Gasteiger partial charge is 0.415 e. The van der Waals surface area contributed by atoms with Gasteiger partial charge >= 0.3 is 12.1 Å². The molecule has 3 aliphatic rings. The highest BCUT2D eigenvalue weighted by atomic mass is 35.5. The normalized spacial score (nSPS) is 14.6. The Morgan fingerprint density at radius 3 is 1.27 bits per heavy atom. The Morgan fingerprint density at radius 2 is 0.868 bits per heavy atom. The van der Waals surface area contributed by atoms with Gasteiger partial charge in [-0.3, -0.25) is 4.79 Å². The minimum Gasteiger partial charge on any atom is -0.493 e. The fraction of sp³-hybridized carbons (Fsp3) is 0.466. The molecule has 500 valence electrons. The number of urea groups is 1. The summed E-state index contributed by atoms with van der Waals surface area (Å²) in [6, 6.07) is 45.1. The third-order valence-electron chi connectivity index (χ3n) is 15.2. The minimum absolute atomic E-state index is 0. The van der Waals surface area contributed by atoms with Crippen LogP contribution in [0.25, 0.3) is 0 Å². The van der Waals surface area contributed by atoms with Gasteiger partial charge in [0.05, 0.1) is 13.2 Å². The number of rotatable bonds is 19. The maximum atomic E-state index is 13.3. The lowest BCUT2D eigenvalue weighted by Crippen LogP contribution is -2.49. The summed E-state index contributed by atoms with van der Waals surface area (Å²) in [6.45, 7) is 20.2. The highest BCUT2D eigenvalue weighted by Gasteiger charge is 2.30. The molecule has 18 heteroatoms. The van der Waals surface area contributed by atoms with E-state index in [1.165, 1.54) is 69.3 Å². The average Bonchev–Trinajstić information content (AvgIpc) is 2.28. The molecule has 3 fully saturated rings. The van der Waals surface area contributed by atoms with Crippen LogP contribution in [0.4, 0.5) is 22.8 Å². The van der Waals surface area contributed by atoms with Crippen LogP contribution < -0.4 is 30.6 Å². The number of ether oxygens (including phenoxy) is 3. The summed E-state index contributed by atoms with van der Waals surface area (Å²) in [7, 11) is 6.36. The Morgan fingerprint density at radius 1 is 0.516 bits per heavy atom. The molecule has 9 rings (SSSR count). The molecule has 0 spiro atoms. The average molecular weight is 1280 g/mol. The molecular formula is C73H104ClF3N8O6. The van der Waals surface area contributed by atoms with Gasteiger partial charge < -0.3 is 55.1 Å². The Balaban J connectivity index is 0.000000322. The maximum Gasteiger partial charge on any atom is 0.415 e. The summed E-state index contributed by atoms with van der Waals surface area (Å²) < 4.78 is 56.0. The Hall–Kier alpha value is -6.99. The van der Waals surface area contributed by atoms with E-state index in [1.807, 2.05) is 83.8 Å². The van der Waals surface area contributed by atoms with Crippen molar-refractivity contribution < 1.29 is 41.8 Å². The summed E-state index contributed by atoms with van der Waals surface area (Å²) in [6.07, 6.45) is 5.74. The van der Waals surface area contributed by atoms with Crippen LogP contribution >= 0.6 is 11.6 Å². The second kappa shape index (κ2) is 43.0. The fourth-order valence-electron chi connectivity index (χ4n) is 9.85. The molecule has 3 amide bonds. The zero-order chi connectivity index (χ0) is 64.5. The summed E-state index contributed by atoms with van der Waals surface area (Å²) in [5, 5.41) is 6.24. The van der Waals surface area contributed by atoms with Gasteiger partial charge in [-0.05, 0) is 223 Å². The number of amides is 3. The first-order chi connectivity index (χ1) is 42.7. The molecule has 3 heterocycles. The van der Waals surface area contributed by atoms with Crippen molar-refractivity contribution in [2.75, 3.05) is 73.6 Å². The zero-order valence-corrected chi connectivity index (χ0v) is 54.3. The molecule has 0 bridgehead atoms. The molecular weight excluding hydrogens is 1180 g/mol. The van der Waals surface area contributed by atoms with Crippen LogP contribution in [0.5, 0.6) is 17.2 Å². The van der Waals surface area contributed by atoms with Gasteiger partial charge in [0.25, 0.3) is 0 Å². The number of piperidine rings is 3. The van der Waals surface area contributed by atoms with E-state index in [1.54, 1.807) is 41.3 Å². The van der Waals surface area contributed by atoms with Gasteiger partial charge in [-0.1, -0.05) is 121 Å². The first-order valence-electron chi connectivity index (χ1n) is 31.1. The molecule has 3 aliphatic heterocycles. The minimum atomic E-state index is -0.361. The SMILES string of the molecule is C.C.CC(=O)Cl.CC(C)COc1ccc(CN)cc1.CC(C)COc1ccc(CNC(=O)N(Cc2ccc(F)cc2)C2CCN(C)CC2)cc1.CN1CCC(N(Cc2ccc(F)cc2)C(=O)Oc2ccccc2)CC1.CN1CCC(NCc2ccc(F)cc2)CC1. The van der Waals surface area contributed by atoms with Crippen molar-refractivity contribution in [3.8, 4) is 17.2 Å². The van der Waals surface area contributed by atoms with Crippen LogP contribution in [0, 0.1) is 29.3 Å². The fourth-order valence-corrected chi connectivity index (χ4v) is 9.85. The largest absolute Gasteiger partial charge is 0.493 e. The van der Waals surface area contributed by atoms with Crippen molar-refractivity contribution in [3.05, 3.63) is 197 Å². The van der Waals surface area contributed by atoms with E-state index in [-0.39, 0.29) is 61.8 Å². The summed E-state index contributed by atoms with van der Waals surface area (Å²) in [5.41, 5.74) is 10.6. The number of likely N-dealkylation sites (tertiary alicyclic amines) is 3. The molecule has 0 aliphatic carbocycles. The van der Waals surface area contributed by atoms with Crippen LogP contribution in [-0.4, -0.2) is 134 Å². The molecule has 14 nitrogen and oxygen atoms in total. The molecule has 0 saturated carbocycles. The van der Waals surface area contributed by atoms with Gasteiger partial charge in [0, 0.05) is 57.8 Å². The molecule has 6 aromatic carbocycles. The van der Waals surface area contributed by atoms with Gasteiger partial charge in [0.15, 0.2) is 0 Å². The van der Waals surface area contributed by atoms with Crippen LogP contribution in [0.2, 0.25) is 0 Å². The number of nitrogens with two attached hydrogens (primary N) is 1. The van der Waals surface area contributed by atoms with Crippen LogP contribution in [0.15, 0.2) is 152 Å². The molecule has 4 N–H and O–H groups in total. The van der Waals surface area contributed by atoms with Crippen molar-refractivity contribution in [1.29, 1.82) is 0 Å². The summed E-state index contributed by atoms with van der Waals surface area (Å²) in [4.78, 5) is 45.7. The zero-order valence-electron chi connectivity index (χ0n) is 53.5. The number of benzene rings is 6. The second-order valence-electron chi connectivity index (χ2n) is 23.9. The van der Waals surface area contributed by atoms with Crippen molar-refractivity contribution >= 4 is 29.0 Å². The van der Waals surface area contributed by atoms with E-state index in [9.17, 15) is 27.6 Å². The van der Waals surface area contributed by atoms with Crippen molar-refractivity contribution in [2.45, 2.75) is 139 Å². The predicted octanol–water partition coefficient (Wildman–Crippen LogP) is 14.8. The highest BCUT2D eigenvalue weighted by Crippen LogP contribution is 2.23. The first kappa shape index (κ1) is 78.3. The quantitative estimate of drug-likeness (QED) is 0.0667. The van der Waals surface area contributed by atoms with Crippen LogP contribution in [0.3, 0.4) is 0 Å². The third kappa shape index (κ3) is 31.7. The van der Waals surface area contributed by atoms with Crippen molar-refractivity contribution in [2.24, 2.45) is 17.6 Å². The number of carbonyl (C=O) groups is 3. The van der Waals surface area contributed by atoms with E-state index in [0.717, 1.165) is 104 Å². The van der Waals surface area contributed by atoms with E-state index in [0.29, 0.717) is 56.4 Å². The van der Waals surface area contributed by atoms with E-state index >= 15 is 0 Å². The molecule has 0 unspecified atom stereocenters. The number of hydrogen-bond acceptors (Lipinski definition) is 11. The van der Waals surface area contributed by atoms with E-state index < -0.39 is 0 Å². The number of carbonyl (C=O) groups excluding carboxylic acids is 3. The lowest BCUT2D eigenvalue weighted by atomic mass is 10.0.